The maximum atomic E-state index is 11.7. The zero-order valence-corrected chi connectivity index (χ0v) is 9.43. The Morgan fingerprint density at radius 3 is 2.94 bits per heavy atom. The number of rotatable bonds is 3. The Labute approximate surface area is 93.9 Å². The topological polar surface area (TPSA) is 44.1 Å². The van der Waals surface area contributed by atoms with Crippen molar-refractivity contribution in [2.75, 3.05) is 6.61 Å². The molecule has 0 saturated heterocycles. The summed E-state index contributed by atoms with van der Waals surface area (Å²) in [5.74, 6) is -0.359. The number of hydrogen-bond donors (Lipinski definition) is 0. The molecule has 0 bridgehead atoms. The van der Waals surface area contributed by atoms with Crippen molar-refractivity contribution in [2.45, 2.75) is 20.4 Å². The third kappa shape index (κ3) is 1.66. The van der Waals surface area contributed by atoms with E-state index in [9.17, 15) is 4.79 Å². The highest BCUT2D eigenvalue weighted by molar-refractivity contribution is 6.01. The van der Waals surface area contributed by atoms with Gasteiger partial charge in [-0.1, -0.05) is 0 Å². The number of ether oxygens (including phenoxy) is 1. The first-order valence-electron chi connectivity index (χ1n) is 5.38. The van der Waals surface area contributed by atoms with Gasteiger partial charge < -0.3 is 9.30 Å². The molecule has 0 amide bonds. The van der Waals surface area contributed by atoms with Crippen LogP contribution in [0.15, 0.2) is 24.5 Å². The second kappa shape index (κ2) is 4.35. The predicted molar refractivity (Wildman–Crippen MR) is 61.4 cm³/mol. The molecule has 0 atom stereocenters. The minimum Gasteiger partial charge on any atom is -0.461 e. The number of fused-ring (bicyclic) bond motifs is 1. The Kier molecular flexibility index (Phi) is 2.90. The summed E-state index contributed by atoms with van der Waals surface area (Å²) >= 11 is 0. The highest BCUT2D eigenvalue weighted by atomic mass is 16.5. The van der Waals surface area contributed by atoms with Crippen LogP contribution in [-0.4, -0.2) is 22.1 Å². The zero-order chi connectivity index (χ0) is 11.5. The average Bonchev–Trinajstić information content (AvgIpc) is 2.71. The highest BCUT2D eigenvalue weighted by Crippen LogP contribution is 2.18. The van der Waals surface area contributed by atoms with E-state index in [1.807, 2.05) is 18.3 Å². The average molecular weight is 218 g/mol. The van der Waals surface area contributed by atoms with Gasteiger partial charge in [-0.3, -0.25) is 0 Å². The van der Waals surface area contributed by atoms with Crippen LogP contribution in [0.5, 0.6) is 0 Å². The summed E-state index contributed by atoms with van der Waals surface area (Å²) in [6.07, 6.45) is 3.59. The van der Waals surface area contributed by atoms with Gasteiger partial charge in [-0.25, -0.2) is 9.78 Å². The van der Waals surface area contributed by atoms with Gasteiger partial charge in [0, 0.05) is 24.3 Å². The van der Waals surface area contributed by atoms with E-state index in [0.29, 0.717) is 12.3 Å². The summed E-state index contributed by atoms with van der Waals surface area (Å²) in [7, 11) is 0. The summed E-state index contributed by atoms with van der Waals surface area (Å²) in [6.45, 7) is 5.08. The summed E-state index contributed by atoms with van der Waals surface area (Å²) in [4.78, 5) is 15.7. The smallest absolute Gasteiger partial charge is 0.357 e. The van der Waals surface area contributed by atoms with E-state index in [1.54, 1.807) is 13.1 Å². The summed E-state index contributed by atoms with van der Waals surface area (Å²) in [6, 6.07) is 3.81. The second-order valence-corrected chi connectivity index (χ2v) is 3.41. The molecular weight excluding hydrogens is 204 g/mol. The Balaban J connectivity index is 2.54. The van der Waals surface area contributed by atoms with E-state index in [-0.39, 0.29) is 5.97 Å². The largest absolute Gasteiger partial charge is 0.461 e. The second-order valence-electron chi connectivity index (χ2n) is 3.41. The van der Waals surface area contributed by atoms with Crippen LogP contribution in [0.4, 0.5) is 0 Å². The van der Waals surface area contributed by atoms with Crippen molar-refractivity contribution in [1.82, 2.24) is 9.55 Å². The molecule has 0 saturated carbocycles. The lowest BCUT2D eigenvalue weighted by Gasteiger charge is -2.03. The van der Waals surface area contributed by atoms with Gasteiger partial charge in [0.05, 0.1) is 12.1 Å². The van der Waals surface area contributed by atoms with E-state index >= 15 is 0 Å². The molecule has 0 radical (unpaired) electrons. The molecule has 2 aromatic rings. The predicted octanol–water partition coefficient (Wildman–Crippen LogP) is 2.23. The summed E-state index contributed by atoms with van der Waals surface area (Å²) in [5, 5.41) is 0.850. The van der Waals surface area contributed by atoms with Crippen molar-refractivity contribution in [3.63, 3.8) is 0 Å². The first-order valence-corrected chi connectivity index (χ1v) is 5.38. The number of carbonyl (C=O) groups is 1. The lowest BCUT2D eigenvalue weighted by atomic mass is 10.2. The van der Waals surface area contributed by atoms with Gasteiger partial charge >= 0.3 is 5.97 Å². The highest BCUT2D eigenvalue weighted by Gasteiger charge is 2.14. The lowest BCUT2D eigenvalue weighted by Crippen LogP contribution is -2.07. The maximum Gasteiger partial charge on any atom is 0.357 e. The zero-order valence-electron chi connectivity index (χ0n) is 9.43. The van der Waals surface area contributed by atoms with E-state index < -0.39 is 0 Å². The number of esters is 1. The molecule has 0 aromatic carbocycles. The molecule has 0 aliphatic carbocycles. The number of hydrogen-bond acceptors (Lipinski definition) is 3. The van der Waals surface area contributed by atoms with Crippen molar-refractivity contribution in [3.8, 4) is 0 Å². The van der Waals surface area contributed by atoms with Gasteiger partial charge in [-0.2, -0.15) is 0 Å². The van der Waals surface area contributed by atoms with Crippen LogP contribution >= 0.6 is 0 Å². The van der Waals surface area contributed by atoms with Gasteiger partial charge in [0.15, 0.2) is 5.69 Å². The fraction of sp³-hybridized carbons (Fsp3) is 0.333. The van der Waals surface area contributed by atoms with E-state index in [0.717, 1.165) is 17.4 Å². The Bertz CT molecular complexity index is 517. The Morgan fingerprint density at radius 1 is 1.44 bits per heavy atom. The SMILES string of the molecule is CCOC(=O)c1nccc2c1ccn2CC. The molecule has 2 rings (SSSR count). The molecule has 16 heavy (non-hydrogen) atoms. The molecule has 0 fully saturated rings. The van der Waals surface area contributed by atoms with Gasteiger partial charge in [-0.15, -0.1) is 0 Å². The number of pyridine rings is 1. The Morgan fingerprint density at radius 2 is 2.25 bits per heavy atom. The molecule has 0 spiro atoms. The third-order valence-corrected chi connectivity index (χ3v) is 2.51. The summed E-state index contributed by atoms with van der Waals surface area (Å²) < 4.78 is 7.04. The lowest BCUT2D eigenvalue weighted by molar-refractivity contribution is 0.0522. The number of aryl methyl sites for hydroxylation is 1. The van der Waals surface area contributed by atoms with Crippen LogP contribution in [0.2, 0.25) is 0 Å². The first-order chi connectivity index (χ1) is 7.77. The minimum atomic E-state index is -0.359. The van der Waals surface area contributed by atoms with Crippen molar-refractivity contribution >= 4 is 16.9 Å². The van der Waals surface area contributed by atoms with Crippen LogP contribution in [0.3, 0.4) is 0 Å². The minimum absolute atomic E-state index is 0.359. The standard InChI is InChI=1S/C12H14N2O2/c1-3-14-8-6-9-10(14)5-7-13-11(9)12(15)16-4-2/h5-8H,3-4H2,1-2H3. The molecule has 84 valence electrons. The monoisotopic (exact) mass is 218 g/mol. The van der Waals surface area contributed by atoms with Crippen LogP contribution in [0, 0.1) is 0 Å². The molecule has 4 nitrogen and oxygen atoms in total. The van der Waals surface area contributed by atoms with Crippen LogP contribution in [0.1, 0.15) is 24.3 Å². The molecule has 0 aliphatic heterocycles. The normalized spacial score (nSPS) is 10.6. The van der Waals surface area contributed by atoms with Crippen LogP contribution in [-0.2, 0) is 11.3 Å². The van der Waals surface area contributed by atoms with Gasteiger partial charge in [0.2, 0.25) is 0 Å². The third-order valence-electron chi connectivity index (χ3n) is 2.51. The number of aromatic nitrogens is 2. The van der Waals surface area contributed by atoms with Crippen molar-refractivity contribution < 1.29 is 9.53 Å². The van der Waals surface area contributed by atoms with Crippen molar-refractivity contribution in [1.29, 1.82) is 0 Å². The fourth-order valence-electron chi connectivity index (χ4n) is 1.76. The molecule has 4 heteroatoms. The number of nitrogens with zero attached hydrogens (tertiary/aromatic N) is 2. The fourth-order valence-corrected chi connectivity index (χ4v) is 1.76. The van der Waals surface area contributed by atoms with Crippen LogP contribution < -0.4 is 0 Å². The molecule has 0 N–H and O–H groups in total. The van der Waals surface area contributed by atoms with Crippen molar-refractivity contribution in [3.05, 3.63) is 30.2 Å². The van der Waals surface area contributed by atoms with Gasteiger partial charge in [0.25, 0.3) is 0 Å². The molecule has 2 aromatic heterocycles. The van der Waals surface area contributed by atoms with Crippen LogP contribution in [0.25, 0.3) is 10.9 Å². The maximum absolute atomic E-state index is 11.7. The summed E-state index contributed by atoms with van der Waals surface area (Å²) in [5.41, 5.74) is 1.41. The Hall–Kier alpha value is -1.84. The van der Waals surface area contributed by atoms with E-state index in [1.165, 1.54) is 0 Å². The van der Waals surface area contributed by atoms with E-state index in [2.05, 4.69) is 16.5 Å². The van der Waals surface area contributed by atoms with Crippen molar-refractivity contribution in [2.24, 2.45) is 0 Å². The molecule has 2 heterocycles. The first kappa shape index (κ1) is 10.7. The quantitative estimate of drug-likeness (QED) is 0.742. The number of carbonyl (C=O) groups excluding carboxylic acids is 1. The van der Waals surface area contributed by atoms with E-state index in [4.69, 9.17) is 4.74 Å². The molecule has 0 unspecified atom stereocenters. The van der Waals surface area contributed by atoms with Gasteiger partial charge in [-0.05, 0) is 26.0 Å². The molecule has 0 aliphatic rings. The van der Waals surface area contributed by atoms with Gasteiger partial charge in [0.1, 0.15) is 0 Å². The molecular formula is C12H14N2O2.